The summed E-state index contributed by atoms with van der Waals surface area (Å²) >= 11 is 0. The molecule has 1 heterocycles. The maximum Gasteiger partial charge on any atom is 0.226 e. The molecule has 0 saturated carbocycles. The van der Waals surface area contributed by atoms with E-state index in [1.165, 1.54) is 0 Å². The molecule has 10 heteroatoms. The molecule has 0 radical (unpaired) electrons. The van der Waals surface area contributed by atoms with Crippen LogP contribution in [0.4, 0.5) is 17.8 Å². The Morgan fingerprint density at radius 2 is 0.947 bits per heavy atom. The number of anilines is 3. The van der Waals surface area contributed by atoms with E-state index in [4.69, 9.17) is 32.5 Å². The van der Waals surface area contributed by atoms with Gasteiger partial charge in [-0.3, -0.25) is 4.90 Å². The topological polar surface area (TPSA) is 181 Å². The molecule has 0 aliphatic carbocycles. The Labute approximate surface area is 110 Å². The molecule has 0 aliphatic rings. The maximum atomic E-state index is 8.48. The van der Waals surface area contributed by atoms with Gasteiger partial charge < -0.3 is 32.5 Å². The third-order valence-electron chi connectivity index (χ3n) is 1.94. The van der Waals surface area contributed by atoms with Crippen molar-refractivity contribution in [3.63, 3.8) is 0 Å². The van der Waals surface area contributed by atoms with Crippen LogP contribution >= 0.6 is 0 Å². The summed E-state index contributed by atoms with van der Waals surface area (Å²) in [6.45, 7) is 1.75. The van der Waals surface area contributed by atoms with E-state index in [1.807, 2.05) is 0 Å². The van der Waals surface area contributed by atoms with Crippen LogP contribution in [0.25, 0.3) is 0 Å². The Hall–Kier alpha value is -1.75. The van der Waals surface area contributed by atoms with Gasteiger partial charge in [-0.15, -0.1) is 0 Å². The van der Waals surface area contributed by atoms with Gasteiger partial charge in [0.2, 0.25) is 17.8 Å². The predicted octanol–water partition coefficient (Wildman–Crippen LogP) is -3.12. The minimum Gasteiger partial charge on any atom is -0.395 e. The van der Waals surface area contributed by atoms with Crippen molar-refractivity contribution >= 4 is 17.8 Å². The van der Waals surface area contributed by atoms with Crippen molar-refractivity contribution in [3.8, 4) is 0 Å². The van der Waals surface area contributed by atoms with Gasteiger partial charge in [0, 0.05) is 19.6 Å². The molecule has 0 amide bonds. The molecular weight excluding hydrogens is 254 g/mol. The van der Waals surface area contributed by atoms with E-state index in [9.17, 15) is 0 Å². The molecule has 0 atom stereocenters. The molecule has 0 fully saturated rings. The van der Waals surface area contributed by atoms with Gasteiger partial charge in [-0.05, 0) is 0 Å². The van der Waals surface area contributed by atoms with Crippen LogP contribution in [0.5, 0.6) is 0 Å². The van der Waals surface area contributed by atoms with Crippen molar-refractivity contribution in [1.29, 1.82) is 0 Å². The Morgan fingerprint density at radius 3 is 1.16 bits per heavy atom. The zero-order valence-electron chi connectivity index (χ0n) is 10.6. The number of hydrogen-bond acceptors (Lipinski definition) is 10. The van der Waals surface area contributed by atoms with E-state index in [0.717, 1.165) is 0 Å². The van der Waals surface area contributed by atoms with Gasteiger partial charge >= 0.3 is 0 Å². The van der Waals surface area contributed by atoms with Gasteiger partial charge in [-0.2, -0.15) is 15.0 Å². The number of nitrogens with two attached hydrogens (primary N) is 3. The molecule has 1 aromatic heterocycles. The van der Waals surface area contributed by atoms with Crippen molar-refractivity contribution in [3.05, 3.63) is 0 Å². The number of aromatic nitrogens is 3. The summed E-state index contributed by atoms with van der Waals surface area (Å²) in [6, 6.07) is 0. The van der Waals surface area contributed by atoms with E-state index in [1.54, 1.807) is 4.90 Å². The molecule has 10 nitrogen and oxygen atoms in total. The van der Waals surface area contributed by atoms with Crippen LogP contribution in [0.3, 0.4) is 0 Å². The summed E-state index contributed by atoms with van der Waals surface area (Å²) in [7, 11) is 0. The van der Waals surface area contributed by atoms with Gasteiger partial charge in [0.1, 0.15) is 0 Å². The number of aliphatic hydroxyl groups is 3. The lowest BCUT2D eigenvalue weighted by molar-refractivity contribution is 0.136. The summed E-state index contributed by atoms with van der Waals surface area (Å²) in [5, 5.41) is 25.5. The molecule has 0 aromatic carbocycles. The second-order valence-corrected chi connectivity index (χ2v) is 3.42. The number of nitrogens with zero attached hydrogens (tertiary/aromatic N) is 4. The zero-order valence-corrected chi connectivity index (χ0v) is 10.6. The molecule has 0 spiro atoms. The fourth-order valence-corrected chi connectivity index (χ4v) is 1.19. The predicted molar refractivity (Wildman–Crippen MR) is 70.8 cm³/mol. The molecule has 0 unspecified atom stereocenters. The van der Waals surface area contributed by atoms with Crippen LogP contribution < -0.4 is 17.2 Å². The lowest BCUT2D eigenvalue weighted by Crippen LogP contribution is -2.32. The van der Waals surface area contributed by atoms with E-state index in [2.05, 4.69) is 15.0 Å². The van der Waals surface area contributed by atoms with E-state index in [0.29, 0.717) is 19.6 Å². The van der Waals surface area contributed by atoms with E-state index < -0.39 is 0 Å². The normalized spacial score (nSPS) is 10.1. The highest BCUT2D eigenvalue weighted by atomic mass is 16.3. The molecule has 0 saturated heterocycles. The first-order chi connectivity index (χ1) is 9.03. The highest BCUT2D eigenvalue weighted by Gasteiger charge is 2.00. The first-order valence-corrected chi connectivity index (χ1v) is 5.61. The molecule has 19 heavy (non-hydrogen) atoms. The van der Waals surface area contributed by atoms with Crippen molar-refractivity contribution in [2.24, 2.45) is 0 Å². The summed E-state index contributed by atoms with van der Waals surface area (Å²) in [5.41, 5.74) is 15.4. The van der Waals surface area contributed by atoms with Crippen LogP contribution in [0.2, 0.25) is 0 Å². The van der Waals surface area contributed by atoms with Gasteiger partial charge in [0.15, 0.2) is 0 Å². The summed E-state index contributed by atoms with van der Waals surface area (Å²) in [4.78, 5) is 12.3. The number of hydrogen-bond donors (Lipinski definition) is 6. The molecule has 110 valence electrons. The SMILES string of the molecule is Nc1nc(N)nc(N)n1.OCCN(CCO)CCO. The standard InChI is InChI=1S/C6H15NO3.C3H6N6/c8-4-1-7(2-5-9)3-6-10;4-1-7-2(5)9-3(6)8-1/h8-10H,1-6H2;(H6,4,5,6,7,8,9). The second kappa shape index (κ2) is 10.2. The Morgan fingerprint density at radius 1 is 0.684 bits per heavy atom. The fraction of sp³-hybridized carbons (Fsp3) is 0.667. The number of nitrogen functional groups attached to an aromatic ring is 3. The molecule has 0 bridgehead atoms. The third-order valence-corrected chi connectivity index (χ3v) is 1.94. The first-order valence-electron chi connectivity index (χ1n) is 5.61. The summed E-state index contributed by atoms with van der Waals surface area (Å²) in [5.74, 6) is 0.125. The molecule has 9 N–H and O–H groups in total. The lowest BCUT2D eigenvalue weighted by Gasteiger charge is -2.17. The minimum atomic E-state index is 0.0417. The highest BCUT2D eigenvalue weighted by Crippen LogP contribution is 1.97. The van der Waals surface area contributed by atoms with E-state index >= 15 is 0 Å². The summed E-state index contributed by atoms with van der Waals surface area (Å²) < 4.78 is 0. The quantitative estimate of drug-likeness (QED) is 0.311. The highest BCUT2D eigenvalue weighted by molar-refractivity contribution is 5.33. The largest absolute Gasteiger partial charge is 0.395 e. The summed E-state index contributed by atoms with van der Waals surface area (Å²) in [6.07, 6.45) is 0. The van der Waals surface area contributed by atoms with Crippen LogP contribution in [0, 0.1) is 0 Å². The van der Waals surface area contributed by atoms with Crippen LogP contribution in [0.15, 0.2) is 0 Å². The maximum absolute atomic E-state index is 8.48. The van der Waals surface area contributed by atoms with Crippen LogP contribution in [-0.4, -0.2) is 74.6 Å². The van der Waals surface area contributed by atoms with Crippen molar-refractivity contribution in [2.75, 3.05) is 56.7 Å². The number of aliphatic hydroxyl groups excluding tert-OH is 3. The van der Waals surface area contributed by atoms with E-state index in [-0.39, 0.29) is 37.7 Å². The average molecular weight is 275 g/mol. The zero-order chi connectivity index (χ0) is 14.7. The minimum absolute atomic E-state index is 0.0417. The van der Waals surface area contributed by atoms with Gasteiger partial charge in [-0.25, -0.2) is 0 Å². The first kappa shape index (κ1) is 17.2. The molecule has 1 aromatic rings. The Kier molecular flexibility index (Phi) is 9.26. The smallest absolute Gasteiger partial charge is 0.226 e. The lowest BCUT2D eigenvalue weighted by atomic mass is 10.4. The fourth-order valence-electron chi connectivity index (χ4n) is 1.19. The Balaban J connectivity index is 0.000000342. The number of rotatable bonds is 6. The van der Waals surface area contributed by atoms with Crippen molar-refractivity contribution < 1.29 is 15.3 Å². The van der Waals surface area contributed by atoms with Crippen LogP contribution in [0.1, 0.15) is 0 Å². The average Bonchev–Trinajstić information content (AvgIpc) is 2.28. The monoisotopic (exact) mass is 275 g/mol. The van der Waals surface area contributed by atoms with Gasteiger partial charge in [0.05, 0.1) is 19.8 Å². The van der Waals surface area contributed by atoms with Gasteiger partial charge in [0.25, 0.3) is 0 Å². The van der Waals surface area contributed by atoms with Crippen LogP contribution in [-0.2, 0) is 0 Å². The molecule has 1 rings (SSSR count). The third kappa shape index (κ3) is 8.90. The van der Waals surface area contributed by atoms with Crippen molar-refractivity contribution in [2.45, 2.75) is 0 Å². The molecule has 0 aliphatic heterocycles. The van der Waals surface area contributed by atoms with Crippen molar-refractivity contribution in [1.82, 2.24) is 19.9 Å². The molecular formula is C9H21N7O3. The second-order valence-electron chi connectivity index (χ2n) is 3.42. The van der Waals surface area contributed by atoms with Gasteiger partial charge in [-0.1, -0.05) is 0 Å². The Bertz CT molecular complexity index is 288.